The number of aryl methyl sites for hydroxylation is 1. The molecule has 32 heavy (non-hydrogen) atoms. The molecule has 164 valence electrons. The maximum Gasteiger partial charge on any atom is 0.269 e. The molecule has 0 spiro atoms. The highest BCUT2D eigenvalue weighted by molar-refractivity contribution is 6.05. The van der Waals surface area contributed by atoms with E-state index in [1.807, 2.05) is 32.9 Å². The number of ether oxygens (including phenoxy) is 1. The molecule has 3 N–H and O–H groups in total. The van der Waals surface area contributed by atoms with Crippen LogP contribution in [0.3, 0.4) is 0 Å². The average molecular weight is 431 g/mol. The van der Waals surface area contributed by atoms with Crippen molar-refractivity contribution in [2.24, 2.45) is 0 Å². The van der Waals surface area contributed by atoms with E-state index in [-0.39, 0.29) is 12.0 Å². The van der Waals surface area contributed by atoms with E-state index in [2.05, 4.69) is 16.2 Å². The van der Waals surface area contributed by atoms with E-state index in [9.17, 15) is 14.4 Å². The molecule has 0 saturated carbocycles. The Morgan fingerprint density at radius 2 is 1.31 bits per heavy atom. The zero-order valence-electron chi connectivity index (χ0n) is 18.1. The Labute approximate surface area is 186 Å². The second-order valence-corrected chi connectivity index (χ2v) is 7.50. The maximum absolute atomic E-state index is 12.3. The SMILES string of the molecule is Cc1cccc(C(=O)Nc2ccc(C(=O)NNC(=O)c3cccc(OC(C)C)c3)cc2)c1. The number of carbonyl (C=O) groups is 3. The summed E-state index contributed by atoms with van der Waals surface area (Å²) < 4.78 is 5.58. The molecule has 0 aliphatic carbocycles. The van der Waals surface area contributed by atoms with Crippen molar-refractivity contribution in [3.63, 3.8) is 0 Å². The van der Waals surface area contributed by atoms with Crippen molar-refractivity contribution in [3.05, 3.63) is 95.1 Å². The van der Waals surface area contributed by atoms with Gasteiger partial charge in [0.25, 0.3) is 17.7 Å². The molecular weight excluding hydrogens is 406 g/mol. The predicted molar refractivity (Wildman–Crippen MR) is 123 cm³/mol. The third-order valence-electron chi connectivity index (χ3n) is 4.44. The first-order chi connectivity index (χ1) is 15.3. The Kier molecular flexibility index (Phi) is 7.23. The van der Waals surface area contributed by atoms with Crippen LogP contribution in [0, 0.1) is 6.92 Å². The van der Waals surface area contributed by atoms with Crippen molar-refractivity contribution in [1.29, 1.82) is 0 Å². The van der Waals surface area contributed by atoms with Crippen LogP contribution >= 0.6 is 0 Å². The molecule has 0 bridgehead atoms. The van der Waals surface area contributed by atoms with Crippen LogP contribution < -0.4 is 20.9 Å². The maximum atomic E-state index is 12.3. The van der Waals surface area contributed by atoms with Gasteiger partial charge in [-0.2, -0.15) is 0 Å². The van der Waals surface area contributed by atoms with Crippen molar-refractivity contribution < 1.29 is 19.1 Å². The molecule has 7 heteroatoms. The first-order valence-corrected chi connectivity index (χ1v) is 10.2. The highest BCUT2D eigenvalue weighted by Crippen LogP contribution is 2.15. The van der Waals surface area contributed by atoms with Crippen LogP contribution in [-0.4, -0.2) is 23.8 Å². The minimum Gasteiger partial charge on any atom is -0.491 e. The molecule has 0 unspecified atom stereocenters. The Balaban J connectivity index is 1.55. The Morgan fingerprint density at radius 3 is 1.94 bits per heavy atom. The van der Waals surface area contributed by atoms with Crippen LogP contribution in [0.15, 0.2) is 72.8 Å². The summed E-state index contributed by atoms with van der Waals surface area (Å²) in [6.07, 6.45) is -0.0161. The largest absolute Gasteiger partial charge is 0.491 e. The molecule has 0 radical (unpaired) electrons. The molecule has 3 aromatic carbocycles. The van der Waals surface area contributed by atoms with Gasteiger partial charge >= 0.3 is 0 Å². The van der Waals surface area contributed by atoms with Crippen LogP contribution in [0.25, 0.3) is 0 Å². The van der Waals surface area contributed by atoms with Gasteiger partial charge in [-0.25, -0.2) is 0 Å². The second-order valence-electron chi connectivity index (χ2n) is 7.50. The van der Waals surface area contributed by atoms with Crippen LogP contribution in [0.1, 0.15) is 50.5 Å². The molecule has 0 atom stereocenters. The number of nitrogens with one attached hydrogen (secondary N) is 3. The zero-order chi connectivity index (χ0) is 23.1. The Hall–Kier alpha value is -4.13. The summed E-state index contributed by atoms with van der Waals surface area (Å²) in [7, 11) is 0. The number of amides is 3. The van der Waals surface area contributed by atoms with Gasteiger partial charge in [0, 0.05) is 22.4 Å². The van der Waals surface area contributed by atoms with E-state index in [1.54, 1.807) is 60.7 Å². The van der Waals surface area contributed by atoms with E-state index < -0.39 is 11.8 Å². The normalized spacial score (nSPS) is 10.4. The minimum atomic E-state index is -0.482. The van der Waals surface area contributed by atoms with Crippen molar-refractivity contribution in [2.45, 2.75) is 26.9 Å². The molecular formula is C25H25N3O4. The van der Waals surface area contributed by atoms with Gasteiger partial charge < -0.3 is 10.1 Å². The molecule has 0 fully saturated rings. The number of hydrogen-bond donors (Lipinski definition) is 3. The van der Waals surface area contributed by atoms with Gasteiger partial charge in [0.1, 0.15) is 5.75 Å². The first-order valence-electron chi connectivity index (χ1n) is 10.2. The fourth-order valence-electron chi connectivity index (χ4n) is 2.94. The summed E-state index contributed by atoms with van der Waals surface area (Å²) in [4.78, 5) is 37.0. The number of rotatable bonds is 6. The van der Waals surface area contributed by atoms with Crippen LogP contribution in [0.2, 0.25) is 0 Å². The number of hydrogen-bond acceptors (Lipinski definition) is 4. The summed E-state index contributed by atoms with van der Waals surface area (Å²) in [5, 5.41) is 2.79. The average Bonchev–Trinajstić information content (AvgIpc) is 2.77. The summed E-state index contributed by atoms with van der Waals surface area (Å²) in [5.41, 5.74) is 7.56. The van der Waals surface area contributed by atoms with Gasteiger partial charge in [0.15, 0.2) is 0 Å². The second kappa shape index (κ2) is 10.3. The van der Waals surface area contributed by atoms with Crippen LogP contribution in [-0.2, 0) is 0 Å². The Morgan fingerprint density at radius 1 is 0.719 bits per heavy atom. The molecule has 0 aliphatic rings. The number of anilines is 1. The van der Waals surface area contributed by atoms with Crippen LogP contribution in [0.5, 0.6) is 5.75 Å². The number of benzene rings is 3. The van der Waals surface area contributed by atoms with Gasteiger partial charge in [0.05, 0.1) is 6.10 Å². The molecule has 0 heterocycles. The van der Waals surface area contributed by atoms with Gasteiger partial charge in [-0.05, 0) is 75.4 Å². The predicted octanol–water partition coefficient (Wildman–Crippen LogP) is 4.11. The van der Waals surface area contributed by atoms with Crippen molar-refractivity contribution in [1.82, 2.24) is 10.9 Å². The quantitative estimate of drug-likeness (QED) is 0.512. The molecule has 3 amide bonds. The van der Waals surface area contributed by atoms with E-state index in [0.717, 1.165) is 5.56 Å². The molecule has 0 aromatic heterocycles. The fraction of sp³-hybridized carbons (Fsp3) is 0.160. The third-order valence-corrected chi connectivity index (χ3v) is 4.44. The summed E-state index contributed by atoms with van der Waals surface area (Å²) >= 11 is 0. The van der Waals surface area contributed by atoms with Crippen molar-refractivity contribution in [3.8, 4) is 5.75 Å². The minimum absolute atomic E-state index is 0.0161. The van der Waals surface area contributed by atoms with E-state index in [1.165, 1.54) is 0 Å². The fourth-order valence-corrected chi connectivity index (χ4v) is 2.94. The zero-order valence-corrected chi connectivity index (χ0v) is 18.1. The summed E-state index contributed by atoms with van der Waals surface area (Å²) in [5.74, 6) is -0.608. The Bertz CT molecular complexity index is 1120. The highest BCUT2D eigenvalue weighted by Gasteiger charge is 2.11. The highest BCUT2D eigenvalue weighted by atomic mass is 16.5. The molecule has 0 aliphatic heterocycles. The van der Waals surface area contributed by atoms with E-state index in [0.29, 0.717) is 28.1 Å². The molecule has 3 rings (SSSR count). The number of hydrazine groups is 1. The molecule has 3 aromatic rings. The van der Waals surface area contributed by atoms with Gasteiger partial charge in [-0.15, -0.1) is 0 Å². The van der Waals surface area contributed by atoms with Gasteiger partial charge in [-0.1, -0.05) is 23.8 Å². The molecule has 0 saturated heterocycles. The molecule has 7 nitrogen and oxygen atoms in total. The lowest BCUT2D eigenvalue weighted by molar-refractivity contribution is 0.0846. The van der Waals surface area contributed by atoms with Crippen molar-refractivity contribution in [2.75, 3.05) is 5.32 Å². The lowest BCUT2D eigenvalue weighted by Gasteiger charge is -2.11. The topological polar surface area (TPSA) is 96.5 Å². The summed E-state index contributed by atoms with van der Waals surface area (Å²) in [6.45, 7) is 5.71. The van der Waals surface area contributed by atoms with Gasteiger partial charge in [0.2, 0.25) is 0 Å². The van der Waals surface area contributed by atoms with Crippen molar-refractivity contribution >= 4 is 23.4 Å². The summed E-state index contributed by atoms with van der Waals surface area (Å²) in [6, 6.07) is 20.3. The lowest BCUT2D eigenvalue weighted by atomic mass is 10.1. The standard InChI is InChI=1S/C25H25N3O4/c1-16(2)32-22-9-5-8-20(15-22)25(31)28-27-24(30)18-10-12-21(13-11-18)26-23(29)19-7-4-6-17(3)14-19/h4-16H,1-3H3,(H,26,29)(H,27,30)(H,28,31). The smallest absolute Gasteiger partial charge is 0.269 e. The lowest BCUT2D eigenvalue weighted by Crippen LogP contribution is -2.41. The van der Waals surface area contributed by atoms with E-state index >= 15 is 0 Å². The third kappa shape index (κ3) is 6.18. The first kappa shape index (κ1) is 22.6. The van der Waals surface area contributed by atoms with Crippen LogP contribution in [0.4, 0.5) is 5.69 Å². The monoisotopic (exact) mass is 431 g/mol. The number of carbonyl (C=O) groups excluding carboxylic acids is 3. The van der Waals surface area contributed by atoms with Gasteiger partial charge in [-0.3, -0.25) is 25.2 Å². The van der Waals surface area contributed by atoms with E-state index in [4.69, 9.17) is 4.74 Å².